The Balaban J connectivity index is 1.88. The van der Waals surface area contributed by atoms with Crippen molar-refractivity contribution in [3.8, 4) is 5.75 Å². The van der Waals surface area contributed by atoms with Crippen LogP contribution in [0.5, 0.6) is 5.75 Å². The molecule has 2 N–H and O–H groups in total. The van der Waals surface area contributed by atoms with Gasteiger partial charge in [-0.15, -0.1) is 0 Å². The van der Waals surface area contributed by atoms with Crippen LogP contribution in [0, 0.1) is 0 Å². The molecule has 0 saturated carbocycles. The number of aromatic nitrogens is 3. The van der Waals surface area contributed by atoms with E-state index in [9.17, 15) is 0 Å². The highest BCUT2D eigenvalue weighted by molar-refractivity contribution is 6.31. The Morgan fingerprint density at radius 3 is 2.62 bits per heavy atom. The number of hydrogen-bond donors (Lipinski definition) is 2. The molecule has 0 aliphatic carbocycles. The van der Waals surface area contributed by atoms with Crippen molar-refractivity contribution >= 4 is 35.1 Å². The minimum absolute atomic E-state index is 0.433. The number of benzene rings is 1. The first kappa shape index (κ1) is 18.5. The van der Waals surface area contributed by atoms with E-state index in [1.165, 1.54) is 0 Å². The van der Waals surface area contributed by atoms with E-state index >= 15 is 0 Å². The van der Waals surface area contributed by atoms with Gasteiger partial charge in [0, 0.05) is 31.8 Å². The van der Waals surface area contributed by atoms with Gasteiger partial charge in [0.1, 0.15) is 5.75 Å². The Morgan fingerprint density at radius 2 is 1.88 bits per heavy atom. The molecule has 1 saturated heterocycles. The smallest absolute Gasteiger partial charge is 0.233 e. The van der Waals surface area contributed by atoms with Crippen LogP contribution < -0.4 is 20.3 Å². The molecule has 26 heavy (non-hydrogen) atoms. The normalized spacial score (nSPS) is 13.7. The van der Waals surface area contributed by atoms with E-state index < -0.39 is 0 Å². The molecule has 0 unspecified atom stereocenters. The summed E-state index contributed by atoms with van der Waals surface area (Å²) in [6, 6.07) is 5.34. The molecule has 0 radical (unpaired) electrons. The van der Waals surface area contributed by atoms with Crippen LogP contribution in [-0.4, -0.2) is 55.4 Å². The van der Waals surface area contributed by atoms with Gasteiger partial charge in [0.05, 0.1) is 19.4 Å². The van der Waals surface area contributed by atoms with Crippen LogP contribution in [0.25, 0.3) is 0 Å². The zero-order valence-electron chi connectivity index (χ0n) is 15.0. The number of anilines is 4. The van der Waals surface area contributed by atoms with Crippen molar-refractivity contribution in [2.45, 2.75) is 12.8 Å². The molecule has 0 bridgehead atoms. The first-order valence-corrected chi connectivity index (χ1v) is 8.92. The summed E-state index contributed by atoms with van der Waals surface area (Å²) in [5.74, 6) is 2.25. The predicted octanol–water partition coefficient (Wildman–Crippen LogP) is 2.94. The number of rotatable bonds is 8. The second kappa shape index (κ2) is 8.86. The molecular formula is C17H23ClN6O2. The molecule has 0 spiro atoms. The molecule has 9 heteroatoms. The lowest BCUT2D eigenvalue weighted by atomic mass is 10.3. The maximum Gasteiger partial charge on any atom is 0.233 e. The highest BCUT2D eigenvalue weighted by Crippen LogP contribution is 2.30. The highest BCUT2D eigenvalue weighted by Gasteiger charge is 2.18. The maximum atomic E-state index is 6.11. The number of hydrogen-bond acceptors (Lipinski definition) is 8. The van der Waals surface area contributed by atoms with Gasteiger partial charge in [-0.1, -0.05) is 11.6 Å². The van der Waals surface area contributed by atoms with E-state index in [1.54, 1.807) is 32.4 Å². The van der Waals surface area contributed by atoms with Crippen molar-refractivity contribution in [1.29, 1.82) is 0 Å². The van der Waals surface area contributed by atoms with E-state index in [2.05, 4.69) is 30.5 Å². The lowest BCUT2D eigenvalue weighted by molar-refractivity contribution is 0.210. The Kier molecular flexibility index (Phi) is 6.30. The van der Waals surface area contributed by atoms with Gasteiger partial charge in [0.2, 0.25) is 17.8 Å². The van der Waals surface area contributed by atoms with Crippen molar-refractivity contribution in [2.24, 2.45) is 0 Å². The SMILES string of the molecule is COCCNc1nc(Nc2cc(Cl)ccc2OC)nc(N2CCCC2)n1. The largest absolute Gasteiger partial charge is 0.495 e. The Morgan fingerprint density at radius 1 is 1.12 bits per heavy atom. The first-order chi connectivity index (χ1) is 12.7. The van der Waals surface area contributed by atoms with Crippen LogP contribution in [0.2, 0.25) is 5.02 Å². The van der Waals surface area contributed by atoms with Crippen LogP contribution in [0.4, 0.5) is 23.5 Å². The topological polar surface area (TPSA) is 84.4 Å². The van der Waals surface area contributed by atoms with Crippen LogP contribution in [-0.2, 0) is 4.74 Å². The summed E-state index contributed by atoms with van der Waals surface area (Å²) in [4.78, 5) is 15.7. The number of nitrogens with zero attached hydrogens (tertiary/aromatic N) is 4. The fraction of sp³-hybridized carbons (Fsp3) is 0.471. The van der Waals surface area contributed by atoms with Crippen LogP contribution in [0.1, 0.15) is 12.8 Å². The summed E-state index contributed by atoms with van der Waals surface area (Å²) >= 11 is 6.11. The second-order valence-corrected chi connectivity index (χ2v) is 6.30. The minimum atomic E-state index is 0.433. The molecule has 1 aliphatic rings. The molecular weight excluding hydrogens is 356 g/mol. The molecule has 3 rings (SSSR count). The van der Waals surface area contributed by atoms with Gasteiger partial charge in [-0.3, -0.25) is 0 Å². The van der Waals surface area contributed by atoms with E-state index in [4.69, 9.17) is 21.1 Å². The predicted molar refractivity (Wildman–Crippen MR) is 103 cm³/mol. The van der Waals surface area contributed by atoms with Crippen LogP contribution in [0.3, 0.4) is 0 Å². The van der Waals surface area contributed by atoms with E-state index in [0.717, 1.165) is 25.9 Å². The molecule has 8 nitrogen and oxygen atoms in total. The van der Waals surface area contributed by atoms with Crippen molar-refractivity contribution < 1.29 is 9.47 Å². The number of ether oxygens (including phenoxy) is 2. The summed E-state index contributed by atoms with van der Waals surface area (Å²) < 4.78 is 10.4. The fourth-order valence-corrected chi connectivity index (χ4v) is 2.89. The third kappa shape index (κ3) is 4.64. The Hall–Kier alpha value is -2.32. The minimum Gasteiger partial charge on any atom is -0.495 e. The molecule has 1 aromatic carbocycles. The van der Waals surface area contributed by atoms with Crippen LogP contribution in [0.15, 0.2) is 18.2 Å². The summed E-state index contributed by atoms with van der Waals surface area (Å²) in [6.45, 7) is 3.07. The van der Waals surface area contributed by atoms with Gasteiger partial charge in [0.25, 0.3) is 0 Å². The molecule has 0 atom stereocenters. The number of halogens is 1. The lowest BCUT2D eigenvalue weighted by Gasteiger charge is -2.18. The summed E-state index contributed by atoms with van der Waals surface area (Å²) in [5, 5.41) is 6.95. The fourth-order valence-electron chi connectivity index (χ4n) is 2.72. The van der Waals surface area contributed by atoms with Gasteiger partial charge < -0.3 is 25.0 Å². The standard InChI is InChI=1S/C17H23ClN6O2/c1-25-10-7-19-15-21-16(23-17(22-15)24-8-3-4-9-24)20-13-11-12(18)5-6-14(13)26-2/h5-6,11H,3-4,7-10H2,1-2H3,(H2,19,20,21,22,23). The van der Waals surface area contributed by atoms with Gasteiger partial charge in [-0.2, -0.15) is 15.0 Å². The molecule has 2 heterocycles. The number of methoxy groups -OCH3 is 2. The Labute approximate surface area is 157 Å². The van der Waals surface area contributed by atoms with E-state index in [-0.39, 0.29) is 0 Å². The van der Waals surface area contributed by atoms with E-state index in [1.807, 2.05) is 0 Å². The van der Waals surface area contributed by atoms with Crippen LogP contribution >= 0.6 is 11.6 Å². The quantitative estimate of drug-likeness (QED) is 0.678. The molecule has 2 aromatic rings. The molecule has 1 fully saturated rings. The van der Waals surface area contributed by atoms with Crippen molar-refractivity contribution in [1.82, 2.24) is 15.0 Å². The second-order valence-electron chi connectivity index (χ2n) is 5.87. The van der Waals surface area contributed by atoms with Gasteiger partial charge >= 0.3 is 0 Å². The third-order valence-corrected chi connectivity index (χ3v) is 4.24. The summed E-state index contributed by atoms with van der Waals surface area (Å²) in [7, 11) is 3.26. The summed E-state index contributed by atoms with van der Waals surface area (Å²) in [5.41, 5.74) is 0.696. The average Bonchev–Trinajstić information content (AvgIpc) is 3.17. The first-order valence-electron chi connectivity index (χ1n) is 8.54. The van der Waals surface area contributed by atoms with Gasteiger partial charge in [0.15, 0.2) is 0 Å². The molecule has 0 amide bonds. The zero-order chi connectivity index (χ0) is 18.4. The Bertz CT molecular complexity index is 739. The molecule has 1 aliphatic heterocycles. The van der Waals surface area contributed by atoms with Crippen molar-refractivity contribution in [2.75, 3.05) is 56.0 Å². The highest BCUT2D eigenvalue weighted by atomic mass is 35.5. The van der Waals surface area contributed by atoms with E-state index in [0.29, 0.717) is 47.5 Å². The van der Waals surface area contributed by atoms with Crippen molar-refractivity contribution in [3.63, 3.8) is 0 Å². The summed E-state index contributed by atoms with van der Waals surface area (Å²) in [6.07, 6.45) is 2.28. The van der Waals surface area contributed by atoms with Gasteiger partial charge in [-0.05, 0) is 31.0 Å². The van der Waals surface area contributed by atoms with Crippen molar-refractivity contribution in [3.05, 3.63) is 23.2 Å². The molecule has 140 valence electrons. The third-order valence-electron chi connectivity index (χ3n) is 4.01. The molecule has 1 aromatic heterocycles. The van der Waals surface area contributed by atoms with Gasteiger partial charge in [-0.25, -0.2) is 0 Å². The maximum absolute atomic E-state index is 6.11. The zero-order valence-corrected chi connectivity index (χ0v) is 15.7. The lowest BCUT2D eigenvalue weighted by Crippen LogP contribution is -2.22. The number of nitrogens with one attached hydrogen (secondary N) is 2. The monoisotopic (exact) mass is 378 g/mol. The average molecular weight is 379 g/mol.